The lowest BCUT2D eigenvalue weighted by Gasteiger charge is -2.16. The lowest BCUT2D eigenvalue weighted by atomic mass is 10.2. The van der Waals surface area contributed by atoms with E-state index in [9.17, 15) is 13.0 Å². The highest BCUT2D eigenvalue weighted by Crippen LogP contribution is 2.43. The van der Waals surface area contributed by atoms with Crippen molar-refractivity contribution in [3.05, 3.63) is 0 Å². The van der Waals surface area contributed by atoms with Crippen LogP contribution in [0.5, 0.6) is 0 Å². The van der Waals surface area contributed by atoms with Crippen LogP contribution in [0.3, 0.4) is 0 Å². The Morgan fingerprint density at radius 2 is 1.60 bits per heavy atom. The summed E-state index contributed by atoms with van der Waals surface area (Å²) in [6, 6.07) is 0. The first-order valence-electron chi connectivity index (χ1n) is 4.32. The summed E-state index contributed by atoms with van der Waals surface area (Å²) in [7, 11) is -1.06. The zero-order chi connectivity index (χ0) is 12.1. The SMILES string of the molecule is CNCC(CNC)CS(=O)(=O)P(=O)(O)O. The summed E-state index contributed by atoms with van der Waals surface area (Å²) in [5.74, 6) is -0.892. The zero-order valence-electron chi connectivity index (χ0n) is 8.67. The molecular weight excluding hydrogens is 243 g/mol. The van der Waals surface area contributed by atoms with Gasteiger partial charge in [-0.15, -0.1) is 0 Å². The number of nitrogens with one attached hydrogen (secondary N) is 2. The smallest absolute Gasteiger partial charge is 0.319 e. The molecule has 0 fully saturated rings. The van der Waals surface area contributed by atoms with Gasteiger partial charge in [0, 0.05) is 0 Å². The van der Waals surface area contributed by atoms with E-state index in [0.717, 1.165) is 0 Å². The van der Waals surface area contributed by atoms with Crippen molar-refractivity contribution in [2.75, 3.05) is 32.9 Å². The molecule has 0 atom stereocenters. The molecule has 0 aromatic heterocycles. The summed E-state index contributed by atoms with van der Waals surface area (Å²) < 4.78 is 33.0. The molecule has 92 valence electrons. The summed E-state index contributed by atoms with van der Waals surface area (Å²) in [5.41, 5.74) is 0. The Bertz CT molecular complexity index is 318. The van der Waals surface area contributed by atoms with E-state index in [4.69, 9.17) is 9.79 Å². The molecule has 0 aliphatic rings. The minimum Gasteiger partial charge on any atom is -0.319 e. The van der Waals surface area contributed by atoms with Crippen LogP contribution in [0.1, 0.15) is 0 Å². The van der Waals surface area contributed by atoms with Crippen LogP contribution in [-0.2, 0) is 14.0 Å². The molecule has 7 nitrogen and oxygen atoms in total. The van der Waals surface area contributed by atoms with E-state index in [-0.39, 0.29) is 5.92 Å². The van der Waals surface area contributed by atoms with Crippen molar-refractivity contribution >= 4 is 16.3 Å². The first-order chi connectivity index (χ1) is 6.74. The van der Waals surface area contributed by atoms with Gasteiger partial charge >= 0.3 is 6.80 Å². The Morgan fingerprint density at radius 1 is 1.20 bits per heavy atom. The van der Waals surface area contributed by atoms with E-state index in [1.807, 2.05) is 0 Å². The summed E-state index contributed by atoms with van der Waals surface area (Å²) in [6.45, 7) is -4.30. The molecule has 0 aliphatic carbocycles. The second-order valence-electron chi connectivity index (χ2n) is 3.22. The van der Waals surface area contributed by atoms with Gasteiger partial charge in [-0.05, 0) is 33.1 Å². The maximum atomic E-state index is 11.2. The maximum Gasteiger partial charge on any atom is 0.439 e. The van der Waals surface area contributed by atoms with E-state index in [0.29, 0.717) is 13.1 Å². The lowest BCUT2D eigenvalue weighted by molar-refractivity contribution is 0.388. The normalized spacial score (nSPS) is 13.4. The van der Waals surface area contributed by atoms with Crippen LogP contribution in [0.4, 0.5) is 0 Å². The Balaban J connectivity index is 4.60. The summed E-state index contributed by atoms with van der Waals surface area (Å²) >= 11 is 0. The zero-order valence-corrected chi connectivity index (χ0v) is 10.4. The first-order valence-corrected chi connectivity index (χ1v) is 8.19. The van der Waals surface area contributed by atoms with Crippen molar-refractivity contribution in [2.24, 2.45) is 5.92 Å². The van der Waals surface area contributed by atoms with E-state index in [1.54, 1.807) is 14.1 Å². The molecule has 0 amide bonds. The van der Waals surface area contributed by atoms with Gasteiger partial charge in [0.2, 0.25) is 0 Å². The van der Waals surface area contributed by atoms with Crippen LogP contribution in [-0.4, -0.2) is 51.1 Å². The van der Waals surface area contributed by atoms with Crippen molar-refractivity contribution in [3.8, 4) is 0 Å². The molecule has 0 aliphatic heterocycles. The fraction of sp³-hybridized carbons (Fsp3) is 1.00. The second-order valence-corrected chi connectivity index (χ2v) is 8.79. The minimum absolute atomic E-state index is 0.363. The van der Waals surface area contributed by atoms with Gasteiger partial charge < -0.3 is 20.4 Å². The molecule has 0 bridgehead atoms. The van der Waals surface area contributed by atoms with Crippen molar-refractivity contribution in [1.29, 1.82) is 0 Å². The molecule has 0 aromatic rings. The van der Waals surface area contributed by atoms with Crippen LogP contribution in [0.25, 0.3) is 0 Å². The largest absolute Gasteiger partial charge is 0.439 e. The van der Waals surface area contributed by atoms with Gasteiger partial charge in [-0.25, -0.2) is 13.0 Å². The maximum absolute atomic E-state index is 11.2. The quantitative estimate of drug-likeness (QED) is 0.414. The van der Waals surface area contributed by atoms with Crippen molar-refractivity contribution in [3.63, 3.8) is 0 Å². The first kappa shape index (κ1) is 15.0. The molecule has 0 saturated heterocycles. The molecule has 0 heterocycles. The highest BCUT2D eigenvalue weighted by Gasteiger charge is 2.35. The summed E-state index contributed by atoms with van der Waals surface area (Å²) in [6.07, 6.45) is 0. The fourth-order valence-corrected chi connectivity index (χ4v) is 3.40. The predicted molar refractivity (Wildman–Crippen MR) is 57.2 cm³/mol. The van der Waals surface area contributed by atoms with Gasteiger partial charge in [-0.2, -0.15) is 0 Å². The van der Waals surface area contributed by atoms with Crippen LogP contribution < -0.4 is 10.6 Å². The van der Waals surface area contributed by atoms with Crippen LogP contribution in [0.15, 0.2) is 0 Å². The number of hydrogen-bond donors (Lipinski definition) is 4. The second kappa shape index (κ2) is 5.93. The molecule has 15 heavy (non-hydrogen) atoms. The van der Waals surface area contributed by atoms with Gasteiger partial charge in [0.05, 0.1) is 5.75 Å². The van der Waals surface area contributed by atoms with Crippen molar-refractivity contribution in [1.82, 2.24) is 10.6 Å². The van der Waals surface area contributed by atoms with Gasteiger partial charge in [0.1, 0.15) is 0 Å². The third-order valence-corrected chi connectivity index (χ3v) is 6.03. The topological polar surface area (TPSA) is 116 Å². The van der Waals surface area contributed by atoms with Gasteiger partial charge in [-0.1, -0.05) is 0 Å². The Kier molecular flexibility index (Phi) is 5.94. The van der Waals surface area contributed by atoms with E-state index in [1.165, 1.54) is 0 Å². The molecule has 0 radical (unpaired) electrons. The highest BCUT2D eigenvalue weighted by atomic mass is 32.8. The number of rotatable bonds is 7. The van der Waals surface area contributed by atoms with E-state index in [2.05, 4.69) is 10.6 Å². The average molecular weight is 260 g/mol. The molecule has 4 N–H and O–H groups in total. The van der Waals surface area contributed by atoms with Crippen molar-refractivity contribution in [2.45, 2.75) is 0 Å². The molecule has 9 heteroatoms. The third kappa shape index (κ3) is 5.05. The Hall–Kier alpha value is 0.0200. The van der Waals surface area contributed by atoms with E-state index < -0.39 is 22.0 Å². The summed E-state index contributed by atoms with van der Waals surface area (Å²) in [5, 5.41) is 5.54. The van der Waals surface area contributed by atoms with Crippen LogP contribution in [0.2, 0.25) is 0 Å². The molecular formula is C6H17N2O5PS. The predicted octanol–water partition coefficient (Wildman–Crippen LogP) is -1.45. The van der Waals surface area contributed by atoms with Gasteiger partial charge in [0.15, 0.2) is 0 Å². The Morgan fingerprint density at radius 3 is 1.87 bits per heavy atom. The minimum atomic E-state index is -5.05. The fourth-order valence-electron chi connectivity index (χ4n) is 1.16. The number of hydrogen-bond acceptors (Lipinski definition) is 5. The molecule has 0 saturated carbocycles. The summed E-state index contributed by atoms with van der Waals surface area (Å²) in [4.78, 5) is 17.2. The molecule has 0 rings (SSSR count). The standard InChI is InChI=1S/C6H17N2O5PS/c1-7-3-6(4-8-2)5-15(12,13)14(9,10)11/h6-8H,3-5H2,1-2H3,(H2,9,10,11). The lowest BCUT2D eigenvalue weighted by Crippen LogP contribution is -2.33. The average Bonchev–Trinajstić information content (AvgIpc) is 2.02. The Labute approximate surface area is 89.1 Å². The third-order valence-electron chi connectivity index (χ3n) is 1.79. The highest BCUT2D eigenvalue weighted by molar-refractivity contribution is 8.48. The molecule has 0 aromatic carbocycles. The van der Waals surface area contributed by atoms with Crippen LogP contribution in [0, 0.1) is 5.92 Å². The monoisotopic (exact) mass is 260 g/mol. The van der Waals surface area contributed by atoms with Crippen LogP contribution >= 0.6 is 6.80 Å². The molecule has 0 spiro atoms. The van der Waals surface area contributed by atoms with Gasteiger partial charge in [-0.3, -0.25) is 0 Å². The van der Waals surface area contributed by atoms with E-state index >= 15 is 0 Å². The van der Waals surface area contributed by atoms with Crippen molar-refractivity contribution < 1.29 is 22.8 Å². The van der Waals surface area contributed by atoms with Gasteiger partial charge in [0.25, 0.3) is 9.46 Å². The molecule has 0 unspecified atom stereocenters.